The minimum Gasteiger partial charge on any atom is -0.346 e. The molecule has 0 aliphatic carbocycles. The van der Waals surface area contributed by atoms with Gasteiger partial charge in [0, 0.05) is 46.7 Å². The Morgan fingerprint density at radius 2 is 1.35 bits per heavy atom. The zero-order chi connectivity index (χ0) is 13.5. The molecular weight excluding hydrogens is 252 g/mol. The highest BCUT2D eigenvalue weighted by Gasteiger charge is 2.12. The molecule has 2 N–H and O–H groups in total. The number of ketones is 1. The first-order valence-corrected chi connectivity index (χ1v) is 6.22. The van der Waals surface area contributed by atoms with Gasteiger partial charge in [-0.25, -0.2) is 9.97 Å². The highest BCUT2D eigenvalue weighted by molar-refractivity contribution is 6.11. The molecule has 4 aromatic heterocycles. The van der Waals surface area contributed by atoms with Gasteiger partial charge in [-0.1, -0.05) is 0 Å². The number of carbonyl (C=O) groups is 1. The first-order chi connectivity index (χ1) is 9.81. The van der Waals surface area contributed by atoms with Crippen LogP contribution in [0.3, 0.4) is 0 Å². The summed E-state index contributed by atoms with van der Waals surface area (Å²) in [4.78, 5) is 27.0. The van der Waals surface area contributed by atoms with E-state index in [0.29, 0.717) is 11.1 Å². The molecule has 0 aliphatic heterocycles. The normalized spacial score (nSPS) is 11.2. The van der Waals surface area contributed by atoms with Crippen LogP contribution in [-0.4, -0.2) is 25.7 Å². The lowest BCUT2D eigenvalue weighted by atomic mass is 10.1. The second-order valence-corrected chi connectivity index (χ2v) is 4.61. The molecule has 0 saturated carbocycles. The quantitative estimate of drug-likeness (QED) is 0.545. The van der Waals surface area contributed by atoms with Gasteiger partial charge in [-0.2, -0.15) is 0 Å². The summed E-state index contributed by atoms with van der Waals surface area (Å²) in [6.07, 6.45) is 6.78. The highest BCUT2D eigenvalue weighted by Crippen LogP contribution is 2.17. The van der Waals surface area contributed by atoms with E-state index in [1.165, 1.54) is 0 Å². The van der Waals surface area contributed by atoms with Gasteiger partial charge in [-0.05, 0) is 24.3 Å². The molecular formula is C15H10N4O. The molecule has 0 aromatic carbocycles. The number of H-pyrrole nitrogens is 2. The van der Waals surface area contributed by atoms with Crippen LogP contribution in [0, 0.1) is 0 Å². The maximum absolute atomic E-state index is 12.5. The van der Waals surface area contributed by atoms with E-state index in [1.807, 2.05) is 24.3 Å². The highest BCUT2D eigenvalue weighted by atomic mass is 16.1. The zero-order valence-corrected chi connectivity index (χ0v) is 10.4. The fraction of sp³-hybridized carbons (Fsp3) is 0. The van der Waals surface area contributed by atoms with E-state index in [0.717, 1.165) is 22.1 Å². The Hall–Kier alpha value is -2.95. The van der Waals surface area contributed by atoms with E-state index in [9.17, 15) is 4.79 Å². The lowest BCUT2D eigenvalue weighted by Gasteiger charge is -2.01. The number of nitrogens with one attached hydrogen (secondary N) is 2. The Morgan fingerprint density at radius 3 is 1.85 bits per heavy atom. The molecule has 0 amide bonds. The van der Waals surface area contributed by atoms with Crippen LogP contribution in [0.15, 0.2) is 49.1 Å². The van der Waals surface area contributed by atoms with Crippen LogP contribution in [-0.2, 0) is 0 Å². The van der Waals surface area contributed by atoms with E-state index >= 15 is 0 Å². The molecule has 4 rings (SSSR count). The molecule has 0 bridgehead atoms. The van der Waals surface area contributed by atoms with Gasteiger partial charge >= 0.3 is 0 Å². The lowest BCUT2D eigenvalue weighted by Crippen LogP contribution is -2.02. The van der Waals surface area contributed by atoms with Crippen LogP contribution in [0.2, 0.25) is 0 Å². The van der Waals surface area contributed by atoms with Crippen molar-refractivity contribution in [3.8, 4) is 0 Å². The Labute approximate surface area is 113 Å². The van der Waals surface area contributed by atoms with Crippen LogP contribution in [0.25, 0.3) is 22.1 Å². The number of aromatic amines is 2. The maximum Gasteiger partial charge on any atom is 0.196 e. The van der Waals surface area contributed by atoms with Crippen molar-refractivity contribution in [3.63, 3.8) is 0 Å². The number of hydrogen-bond acceptors (Lipinski definition) is 3. The van der Waals surface area contributed by atoms with Crippen molar-refractivity contribution in [3.05, 3.63) is 60.2 Å². The van der Waals surface area contributed by atoms with Gasteiger partial charge in [-0.3, -0.25) is 4.79 Å². The summed E-state index contributed by atoms with van der Waals surface area (Å²) in [5, 5.41) is 1.85. The molecule has 0 atom stereocenters. The van der Waals surface area contributed by atoms with Gasteiger partial charge in [0.15, 0.2) is 5.78 Å². The average Bonchev–Trinajstić information content (AvgIpc) is 3.13. The summed E-state index contributed by atoms with van der Waals surface area (Å²) in [5.74, 6) is -0.0730. The number of aromatic nitrogens is 4. The zero-order valence-electron chi connectivity index (χ0n) is 10.4. The molecule has 0 radical (unpaired) electrons. The van der Waals surface area contributed by atoms with E-state index < -0.39 is 0 Å². The molecule has 96 valence electrons. The number of fused-ring (bicyclic) bond motifs is 2. The number of hydrogen-bond donors (Lipinski definition) is 2. The summed E-state index contributed by atoms with van der Waals surface area (Å²) in [7, 11) is 0. The average molecular weight is 262 g/mol. The lowest BCUT2D eigenvalue weighted by molar-refractivity contribution is 0.103. The van der Waals surface area contributed by atoms with E-state index in [4.69, 9.17) is 0 Å². The predicted octanol–water partition coefficient (Wildman–Crippen LogP) is 2.67. The van der Waals surface area contributed by atoms with Crippen LogP contribution >= 0.6 is 0 Å². The first-order valence-electron chi connectivity index (χ1n) is 6.22. The van der Waals surface area contributed by atoms with Gasteiger partial charge in [-0.15, -0.1) is 0 Å². The van der Waals surface area contributed by atoms with Crippen molar-refractivity contribution in [2.45, 2.75) is 0 Å². The topological polar surface area (TPSA) is 74.4 Å². The van der Waals surface area contributed by atoms with Crippen LogP contribution in [0.1, 0.15) is 15.9 Å². The molecule has 4 heterocycles. The van der Waals surface area contributed by atoms with Gasteiger partial charge in [0.05, 0.1) is 0 Å². The molecule has 0 unspecified atom stereocenters. The van der Waals surface area contributed by atoms with Crippen molar-refractivity contribution >= 4 is 27.9 Å². The Bertz CT molecular complexity index is 859. The summed E-state index contributed by atoms with van der Waals surface area (Å²) in [6, 6.07) is 7.46. The second kappa shape index (κ2) is 4.03. The van der Waals surface area contributed by atoms with Crippen molar-refractivity contribution < 1.29 is 4.79 Å². The fourth-order valence-corrected chi connectivity index (χ4v) is 2.29. The minimum absolute atomic E-state index is 0.0730. The predicted molar refractivity (Wildman–Crippen MR) is 75.6 cm³/mol. The summed E-state index contributed by atoms with van der Waals surface area (Å²) < 4.78 is 0. The number of pyridine rings is 2. The Kier molecular flexibility index (Phi) is 2.20. The standard InChI is InChI=1S/C15H10N4O/c20-13(11-5-9-1-3-16-14(9)18-7-11)12-6-10-2-4-17-15(10)19-8-12/h1-8H,(H,16,18)(H,17,19). The third kappa shape index (κ3) is 1.60. The second-order valence-electron chi connectivity index (χ2n) is 4.61. The fourth-order valence-electron chi connectivity index (χ4n) is 2.29. The number of nitrogens with zero attached hydrogens (tertiary/aromatic N) is 2. The van der Waals surface area contributed by atoms with E-state index in [2.05, 4.69) is 19.9 Å². The van der Waals surface area contributed by atoms with Crippen LogP contribution in [0.4, 0.5) is 0 Å². The number of rotatable bonds is 2. The molecule has 0 fully saturated rings. The molecule has 0 aliphatic rings. The third-order valence-electron chi connectivity index (χ3n) is 3.32. The van der Waals surface area contributed by atoms with Crippen molar-refractivity contribution in [1.82, 2.24) is 19.9 Å². The first kappa shape index (κ1) is 10.9. The summed E-state index contributed by atoms with van der Waals surface area (Å²) >= 11 is 0. The van der Waals surface area contributed by atoms with Gasteiger partial charge < -0.3 is 9.97 Å². The molecule has 20 heavy (non-hydrogen) atoms. The molecule has 0 spiro atoms. The molecule has 5 heteroatoms. The summed E-state index contributed by atoms with van der Waals surface area (Å²) in [6.45, 7) is 0. The molecule has 5 nitrogen and oxygen atoms in total. The third-order valence-corrected chi connectivity index (χ3v) is 3.32. The Balaban J connectivity index is 1.81. The smallest absolute Gasteiger partial charge is 0.196 e. The SMILES string of the molecule is O=C(c1cnc2[nH]ccc2c1)c1cnc2[nH]ccc2c1. The van der Waals surface area contributed by atoms with Crippen molar-refractivity contribution in [2.75, 3.05) is 0 Å². The molecule has 0 saturated heterocycles. The van der Waals surface area contributed by atoms with Crippen molar-refractivity contribution in [1.29, 1.82) is 0 Å². The Morgan fingerprint density at radius 1 is 0.850 bits per heavy atom. The van der Waals surface area contributed by atoms with E-state index in [1.54, 1.807) is 24.8 Å². The van der Waals surface area contributed by atoms with Gasteiger partial charge in [0.1, 0.15) is 11.3 Å². The maximum atomic E-state index is 12.5. The summed E-state index contributed by atoms with van der Waals surface area (Å²) in [5.41, 5.74) is 2.68. The van der Waals surface area contributed by atoms with Gasteiger partial charge in [0.2, 0.25) is 0 Å². The largest absolute Gasteiger partial charge is 0.346 e. The van der Waals surface area contributed by atoms with Gasteiger partial charge in [0.25, 0.3) is 0 Å². The molecule has 4 aromatic rings. The number of carbonyl (C=O) groups excluding carboxylic acids is 1. The van der Waals surface area contributed by atoms with Crippen LogP contribution < -0.4 is 0 Å². The van der Waals surface area contributed by atoms with Crippen LogP contribution in [0.5, 0.6) is 0 Å². The minimum atomic E-state index is -0.0730. The van der Waals surface area contributed by atoms with Crippen molar-refractivity contribution in [2.24, 2.45) is 0 Å². The van der Waals surface area contributed by atoms with E-state index in [-0.39, 0.29) is 5.78 Å². The monoisotopic (exact) mass is 262 g/mol.